The lowest BCUT2D eigenvalue weighted by atomic mass is 9.86. The lowest BCUT2D eigenvalue weighted by molar-refractivity contribution is -0.142. The Balaban J connectivity index is 3.11. The third-order valence-corrected chi connectivity index (χ3v) is 2.39. The van der Waals surface area contributed by atoms with Crippen LogP contribution in [-0.4, -0.2) is 16.7 Å². The molecule has 0 radical (unpaired) electrons. The second-order valence-corrected chi connectivity index (χ2v) is 4.32. The van der Waals surface area contributed by atoms with Gasteiger partial charge in [-0.2, -0.15) is 0 Å². The van der Waals surface area contributed by atoms with Gasteiger partial charge in [-0.1, -0.05) is 23.7 Å². The molecule has 0 saturated heterocycles. The fourth-order valence-electron chi connectivity index (χ4n) is 1.49. The van der Waals surface area contributed by atoms with Crippen LogP contribution in [0.4, 0.5) is 4.39 Å². The predicted octanol–water partition coefficient (Wildman–Crippen LogP) is 3.26. The van der Waals surface area contributed by atoms with Crippen LogP contribution in [0.3, 0.4) is 0 Å². The maximum absolute atomic E-state index is 13.7. The first-order chi connectivity index (χ1) is 6.82. The van der Waals surface area contributed by atoms with E-state index in [1.165, 1.54) is 26.0 Å². The summed E-state index contributed by atoms with van der Waals surface area (Å²) in [4.78, 5) is 11.0. The van der Waals surface area contributed by atoms with Crippen LogP contribution in [0.15, 0.2) is 24.3 Å². The Bertz CT molecular complexity index is 354. The second kappa shape index (κ2) is 4.19. The van der Waals surface area contributed by atoms with Crippen molar-refractivity contribution in [3.8, 4) is 0 Å². The molecule has 1 rings (SSSR count). The molecule has 0 saturated carbocycles. The summed E-state index contributed by atoms with van der Waals surface area (Å²) >= 11 is 5.67. The quantitative estimate of drug-likeness (QED) is 0.866. The number of benzene rings is 1. The molecule has 1 aromatic carbocycles. The molecular weight excluding hydrogens is 219 g/mol. The van der Waals surface area contributed by atoms with E-state index in [1.54, 1.807) is 12.1 Å². The van der Waals surface area contributed by atoms with Crippen molar-refractivity contribution in [1.29, 1.82) is 0 Å². The molecular formula is C11H12ClFO2. The first-order valence-electron chi connectivity index (χ1n) is 4.49. The number of halogens is 2. The van der Waals surface area contributed by atoms with Crippen molar-refractivity contribution < 1.29 is 14.3 Å². The second-order valence-electron chi connectivity index (χ2n) is 3.89. The highest BCUT2D eigenvalue weighted by Crippen LogP contribution is 2.32. The Hall–Kier alpha value is -1.09. The summed E-state index contributed by atoms with van der Waals surface area (Å²) in [6.07, 6.45) is 0. The molecule has 0 aromatic heterocycles. The lowest BCUT2D eigenvalue weighted by Crippen LogP contribution is -2.30. The molecule has 1 atom stereocenters. The van der Waals surface area contributed by atoms with Gasteiger partial charge >= 0.3 is 5.97 Å². The number of hydrogen-bond acceptors (Lipinski definition) is 1. The molecule has 0 amide bonds. The highest BCUT2D eigenvalue weighted by atomic mass is 35.5. The Labute approximate surface area is 92.7 Å². The lowest BCUT2D eigenvalue weighted by Gasteiger charge is -2.23. The van der Waals surface area contributed by atoms with Gasteiger partial charge in [0.2, 0.25) is 0 Å². The number of hydrogen-bond donors (Lipinski definition) is 1. The van der Waals surface area contributed by atoms with Gasteiger partial charge in [-0.25, -0.2) is 4.39 Å². The van der Waals surface area contributed by atoms with E-state index < -0.39 is 17.6 Å². The van der Waals surface area contributed by atoms with Crippen LogP contribution in [0.5, 0.6) is 0 Å². The van der Waals surface area contributed by atoms with Crippen LogP contribution >= 0.6 is 11.6 Å². The van der Waals surface area contributed by atoms with E-state index in [0.29, 0.717) is 10.6 Å². The molecule has 82 valence electrons. The van der Waals surface area contributed by atoms with E-state index in [4.69, 9.17) is 16.7 Å². The summed E-state index contributed by atoms with van der Waals surface area (Å²) in [6, 6.07) is 6.17. The predicted molar refractivity (Wildman–Crippen MR) is 57.0 cm³/mol. The topological polar surface area (TPSA) is 37.3 Å². The zero-order chi connectivity index (χ0) is 11.6. The smallest absolute Gasteiger partial charge is 0.314 e. The maximum Gasteiger partial charge on any atom is 0.314 e. The van der Waals surface area contributed by atoms with Crippen molar-refractivity contribution in [2.45, 2.75) is 25.4 Å². The minimum Gasteiger partial charge on any atom is -0.481 e. The van der Waals surface area contributed by atoms with Crippen molar-refractivity contribution >= 4 is 17.6 Å². The zero-order valence-corrected chi connectivity index (χ0v) is 9.25. The summed E-state index contributed by atoms with van der Waals surface area (Å²) in [5, 5.41) is 9.46. The van der Waals surface area contributed by atoms with Crippen LogP contribution < -0.4 is 0 Å². The van der Waals surface area contributed by atoms with Crippen LogP contribution in [0.2, 0.25) is 5.02 Å². The van der Waals surface area contributed by atoms with E-state index in [-0.39, 0.29) is 0 Å². The van der Waals surface area contributed by atoms with Gasteiger partial charge in [0.25, 0.3) is 0 Å². The van der Waals surface area contributed by atoms with Gasteiger partial charge in [-0.3, -0.25) is 4.79 Å². The van der Waals surface area contributed by atoms with Gasteiger partial charge in [0.15, 0.2) is 0 Å². The Morgan fingerprint density at radius 3 is 2.20 bits per heavy atom. The summed E-state index contributed by atoms with van der Waals surface area (Å²) in [6.45, 7) is 2.50. The van der Waals surface area contributed by atoms with Gasteiger partial charge in [0.1, 0.15) is 11.6 Å². The first kappa shape index (κ1) is 12.0. The molecule has 0 aliphatic heterocycles. The number of carbonyl (C=O) groups is 1. The summed E-state index contributed by atoms with van der Waals surface area (Å²) < 4.78 is 13.7. The molecule has 15 heavy (non-hydrogen) atoms. The van der Waals surface area contributed by atoms with E-state index >= 15 is 0 Å². The fraction of sp³-hybridized carbons (Fsp3) is 0.364. The third kappa shape index (κ3) is 2.93. The van der Waals surface area contributed by atoms with Crippen LogP contribution in [0, 0.1) is 0 Å². The summed E-state index contributed by atoms with van der Waals surface area (Å²) in [5.41, 5.74) is -1.39. The van der Waals surface area contributed by atoms with Crippen molar-refractivity contribution in [2.75, 3.05) is 0 Å². The average Bonchev–Trinajstić information content (AvgIpc) is 2.05. The minimum atomic E-state index is -1.81. The molecule has 1 unspecified atom stereocenters. The molecule has 0 aliphatic rings. The highest BCUT2D eigenvalue weighted by Gasteiger charge is 2.36. The van der Waals surface area contributed by atoms with Crippen molar-refractivity contribution in [2.24, 2.45) is 0 Å². The molecule has 1 aromatic rings. The first-order valence-corrected chi connectivity index (χ1v) is 4.87. The maximum atomic E-state index is 13.7. The highest BCUT2D eigenvalue weighted by molar-refractivity contribution is 6.30. The summed E-state index contributed by atoms with van der Waals surface area (Å²) in [5.74, 6) is -2.35. The Kier molecular flexibility index (Phi) is 3.35. The van der Waals surface area contributed by atoms with Gasteiger partial charge in [-0.15, -0.1) is 0 Å². The van der Waals surface area contributed by atoms with Gasteiger partial charge in [0, 0.05) is 5.02 Å². The number of carboxylic acids is 1. The molecule has 0 aliphatic carbocycles. The van der Waals surface area contributed by atoms with E-state index in [9.17, 15) is 9.18 Å². The molecule has 1 N–H and O–H groups in total. The largest absolute Gasteiger partial charge is 0.481 e. The van der Waals surface area contributed by atoms with Gasteiger partial charge in [-0.05, 0) is 31.5 Å². The average molecular weight is 231 g/mol. The number of carboxylic acid groups (broad SMARTS) is 1. The van der Waals surface area contributed by atoms with Crippen molar-refractivity contribution in [3.63, 3.8) is 0 Å². The van der Waals surface area contributed by atoms with E-state index in [1.807, 2.05) is 0 Å². The summed E-state index contributed by atoms with van der Waals surface area (Å²) in [7, 11) is 0. The van der Waals surface area contributed by atoms with Crippen LogP contribution in [0.1, 0.15) is 25.3 Å². The molecule has 0 fully saturated rings. The number of rotatable bonds is 3. The minimum absolute atomic E-state index is 0.416. The third-order valence-electron chi connectivity index (χ3n) is 2.14. The molecule has 2 nitrogen and oxygen atoms in total. The van der Waals surface area contributed by atoms with Crippen LogP contribution in [0.25, 0.3) is 0 Å². The normalized spacial score (nSPS) is 13.6. The van der Waals surface area contributed by atoms with E-state index in [2.05, 4.69) is 0 Å². The zero-order valence-electron chi connectivity index (χ0n) is 8.50. The fourth-order valence-corrected chi connectivity index (χ4v) is 1.61. The monoisotopic (exact) mass is 230 g/mol. The molecule has 0 heterocycles. The standard InChI is InChI=1S/C11H12ClFO2/c1-11(2,13)9(10(14)15)7-3-5-8(12)6-4-7/h3-6,9H,1-2H3,(H,14,15). The van der Waals surface area contributed by atoms with Crippen molar-refractivity contribution in [3.05, 3.63) is 34.9 Å². The van der Waals surface area contributed by atoms with Gasteiger partial charge < -0.3 is 5.11 Å². The molecule has 0 spiro atoms. The number of alkyl halides is 1. The Morgan fingerprint density at radius 1 is 1.40 bits per heavy atom. The Morgan fingerprint density at radius 2 is 1.87 bits per heavy atom. The van der Waals surface area contributed by atoms with Crippen molar-refractivity contribution in [1.82, 2.24) is 0 Å². The molecule has 0 bridgehead atoms. The van der Waals surface area contributed by atoms with E-state index in [0.717, 1.165) is 0 Å². The molecule has 4 heteroatoms. The SMILES string of the molecule is CC(C)(F)C(C(=O)O)c1ccc(Cl)cc1. The number of aliphatic carboxylic acids is 1. The van der Waals surface area contributed by atoms with Crippen LogP contribution in [-0.2, 0) is 4.79 Å². The van der Waals surface area contributed by atoms with Gasteiger partial charge in [0.05, 0.1) is 0 Å².